The molecule has 7 nitrogen and oxygen atoms in total. The number of rotatable bonds is 5. The van der Waals surface area contributed by atoms with Gasteiger partial charge >= 0.3 is 5.97 Å². The molecule has 0 aliphatic carbocycles. The van der Waals surface area contributed by atoms with Crippen molar-refractivity contribution in [3.05, 3.63) is 47.4 Å². The van der Waals surface area contributed by atoms with Gasteiger partial charge in [0, 0.05) is 0 Å². The molecule has 8 heteroatoms. The highest BCUT2D eigenvalue weighted by molar-refractivity contribution is 8.00. The van der Waals surface area contributed by atoms with E-state index in [-0.39, 0.29) is 23.8 Å². The number of nitrogens with zero attached hydrogens (tertiary/aromatic N) is 1. The standard InChI is InChI=1S/C16H16N2O5S/c1-23-10-8-24-15-12(14(20)18(15)13(10)16(21)22)17-11(19)7-9-5-3-2-4-6-9/h2-6,12,15H,7-8H2,1H3,(H,17,19)(H,21,22)/t12-,15+/m1/s1. The van der Waals surface area contributed by atoms with E-state index >= 15 is 0 Å². The lowest BCUT2D eigenvalue weighted by molar-refractivity contribution is -0.151. The summed E-state index contributed by atoms with van der Waals surface area (Å²) < 4.78 is 5.06. The van der Waals surface area contributed by atoms with E-state index in [4.69, 9.17) is 4.74 Å². The van der Waals surface area contributed by atoms with Crippen LogP contribution < -0.4 is 5.32 Å². The third kappa shape index (κ3) is 2.84. The van der Waals surface area contributed by atoms with Crippen LogP contribution in [0.15, 0.2) is 41.8 Å². The minimum Gasteiger partial charge on any atom is -0.498 e. The Hall–Kier alpha value is -2.48. The molecule has 126 valence electrons. The van der Waals surface area contributed by atoms with Gasteiger partial charge in [-0.3, -0.25) is 14.5 Å². The summed E-state index contributed by atoms with van der Waals surface area (Å²) in [5, 5.41) is 11.6. The molecule has 0 aromatic heterocycles. The van der Waals surface area contributed by atoms with E-state index in [9.17, 15) is 19.5 Å². The average Bonchev–Trinajstić information content (AvgIpc) is 2.58. The van der Waals surface area contributed by atoms with Crippen LogP contribution in [0, 0.1) is 0 Å². The highest BCUT2D eigenvalue weighted by Gasteiger charge is 2.54. The number of amides is 2. The lowest BCUT2D eigenvalue weighted by Crippen LogP contribution is -2.70. The van der Waals surface area contributed by atoms with Crippen molar-refractivity contribution < 1.29 is 24.2 Å². The summed E-state index contributed by atoms with van der Waals surface area (Å²) in [5.41, 5.74) is 0.711. The Bertz CT molecular complexity index is 718. The van der Waals surface area contributed by atoms with E-state index in [1.54, 1.807) is 0 Å². The minimum absolute atomic E-state index is 0.139. The first-order valence-electron chi connectivity index (χ1n) is 7.31. The lowest BCUT2D eigenvalue weighted by atomic mass is 10.0. The topological polar surface area (TPSA) is 95.9 Å². The summed E-state index contributed by atoms with van der Waals surface area (Å²) in [5.74, 6) is -1.30. The number of methoxy groups -OCH3 is 1. The van der Waals surface area contributed by atoms with Crippen molar-refractivity contribution in [1.82, 2.24) is 10.2 Å². The van der Waals surface area contributed by atoms with Gasteiger partial charge in [-0.15, -0.1) is 11.8 Å². The van der Waals surface area contributed by atoms with Crippen molar-refractivity contribution in [1.29, 1.82) is 0 Å². The molecule has 2 atom stereocenters. The van der Waals surface area contributed by atoms with Crippen LogP contribution in [0.1, 0.15) is 5.56 Å². The predicted molar refractivity (Wildman–Crippen MR) is 86.8 cm³/mol. The molecule has 24 heavy (non-hydrogen) atoms. The quantitative estimate of drug-likeness (QED) is 0.756. The Kier molecular flexibility index (Phi) is 4.48. The molecule has 2 aliphatic heterocycles. The van der Waals surface area contributed by atoms with E-state index in [2.05, 4.69) is 5.32 Å². The molecular weight excluding hydrogens is 332 g/mol. The Morgan fingerprint density at radius 1 is 1.38 bits per heavy atom. The van der Waals surface area contributed by atoms with E-state index in [1.807, 2.05) is 30.3 Å². The van der Waals surface area contributed by atoms with E-state index in [0.717, 1.165) is 5.56 Å². The first-order chi connectivity index (χ1) is 11.5. The second kappa shape index (κ2) is 6.56. The number of carbonyl (C=O) groups excluding carboxylic acids is 2. The SMILES string of the molecule is COC1=C(C(=O)O)N2C(=O)[C@@H](NC(=O)Cc3ccccc3)[C@@H]2SC1. The summed E-state index contributed by atoms with van der Waals surface area (Å²) in [7, 11) is 1.38. The molecule has 2 aliphatic rings. The molecule has 0 saturated carbocycles. The molecule has 0 bridgehead atoms. The number of hydrogen-bond acceptors (Lipinski definition) is 5. The number of thioether (sulfide) groups is 1. The fraction of sp³-hybridized carbons (Fsp3) is 0.312. The van der Waals surface area contributed by atoms with Gasteiger partial charge in [0.2, 0.25) is 5.91 Å². The van der Waals surface area contributed by atoms with Gasteiger partial charge < -0.3 is 15.2 Å². The summed E-state index contributed by atoms with van der Waals surface area (Å²) >= 11 is 1.37. The smallest absolute Gasteiger partial charge is 0.356 e. The van der Waals surface area contributed by atoms with E-state index < -0.39 is 23.3 Å². The van der Waals surface area contributed by atoms with Crippen LogP contribution in [-0.4, -0.2) is 52.1 Å². The van der Waals surface area contributed by atoms with Crippen LogP contribution >= 0.6 is 11.8 Å². The second-order valence-electron chi connectivity index (χ2n) is 5.40. The summed E-state index contributed by atoms with van der Waals surface area (Å²) in [6, 6.07) is 8.50. The highest BCUT2D eigenvalue weighted by atomic mass is 32.2. The monoisotopic (exact) mass is 348 g/mol. The van der Waals surface area contributed by atoms with Crippen molar-refractivity contribution in [2.24, 2.45) is 0 Å². The number of benzene rings is 1. The molecule has 2 heterocycles. The molecule has 1 aromatic carbocycles. The fourth-order valence-corrected chi connectivity index (χ4v) is 4.06. The van der Waals surface area contributed by atoms with Gasteiger partial charge in [0.25, 0.3) is 5.91 Å². The van der Waals surface area contributed by atoms with E-state index in [0.29, 0.717) is 5.75 Å². The Balaban J connectivity index is 1.69. The Morgan fingerprint density at radius 3 is 2.71 bits per heavy atom. The van der Waals surface area contributed by atoms with Gasteiger partial charge in [-0.25, -0.2) is 4.79 Å². The first-order valence-corrected chi connectivity index (χ1v) is 8.36. The number of aliphatic carboxylic acids is 1. The molecule has 0 spiro atoms. The number of fused-ring (bicyclic) bond motifs is 1. The first kappa shape index (κ1) is 16.4. The number of hydrogen-bond donors (Lipinski definition) is 2. The zero-order chi connectivity index (χ0) is 17.3. The maximum Gasteiger partial charge on any atom is 0.356 e. The molecule has 1 fully saturated rings. The van der Waals surface area contributed by atoms with Gasteiger partial charge in [0.15, 0.2) is 5.70 Å². The van der Waals surface area contributed by atoms with Crippen LogP contribution in [0.5, 0.6) is 0 Å². The lowest BCUT2D eigenvalue weighted by Gasteiger charge is -2.48. The zero-order valence-corrected chi connectivity index (χ0v) is 13.7. The zero-order valence-electron chi connectivity index (χ0n) is 12.9. The number of carbonyl (C=O) groups is 3. The normalized spacial score (nSPS) is 22.5. The van der Waals surface area contributed by atoms with Crippen LogP contribution in [0.3, 0.4) is 0 Å². The van der Waals surface area contributed by atoms with Crippen molar-refractivity contribution in [3.8, 4) is 0 Å². The molecule has 2 N–H and O–H groups in total. The van der Waals surface area contributed by atoms with E-state index in [1.165, 1.54) is 23.8 Å². The van der Waals surface area contributed by atoms with Gasteiger partial charge in [-0.05, 0) is 5.56 Å². The number of nitrogens with one attached hydrogen (secondary N) is 1. The summed E-state index contributed by atoms with van der Waals surface area (Å²) in [6.07, 6.45) is 0.174. The van der Waals surface area contributed by atoms with Crippen LogP contribution in [0.2, 0.25) is 0 Å². The number of carboxylic acid groups (broad SMARTS) is 1. The van der Waals surface area contributed by atoms with Gasteiger partial charge in [0.1, 0.15) is 17.2 Å². The second-order valence-corrected chi connectivity index (χ2v) is 6.50. The van der Waals surface area contributed by atoms with Crippen molar-refractivity contribution in [2.45, 2.75) is 17.8 Å². The third-order valence-corrected chi connectivity index (χ3v) is 5.16. The number of β-lactam (4-membered cyclic amide) rings is 1. The van der Waals surface area contributed by atoms with Crippen LogP contribution in [0.25, 0.3) is 0 Å². The number of carboxylic acids is 1. The predicted octanol–water partition coefficient (Wildman–Crippen LogP) is 0.572. The molecular formula is C16H16N2O5S. The molecule has 0 unspecified atom stereocenters. The maximum atomic E-state index is 12.3. The summed E-state index contributed by atoms with van der Waals surface area (Å²) in [6.45, 7) is 0. The van der Waals surface area contributed by atoms with Crippen LogP contribution in [-0.2, 0) is 25.5 Å². The number of ether oxygens (including phenoxy) is 1. The van der Waals surface area contributed by atoms with Crippen molar-refractivity contribution in [3.63, 3.8) is 0 Å². The molecule has 3 rings (SSSR count). The fourth-order valence-electron chi connectivity index (χ4n) is 2.75. The van der Waals surface area contributed by atoms with Crippen LogP contribution in [0.4, 0.5) is 0 Å². The average molecular weight is 348 g/mol. The Morgan fingerprint density at radius 2 is 2.08 bits per heavy atom. The van der Waals surface area contributed by atoms with Gasteiger partial charge in [0.05, 0.1) is 19.3 Å². The van der Waals surface area contributed by atoms with Crippen molar-refractivity contribution >= 4 is 29.5 Å². The third-order valence-electron chi connectivity index (χ3n) is 3.91. The molecule has 1 saturated heterocycles. The summed E-state index contributed by atoms with van der Waals surface area (Å²) in [4.78, 5) is 37.0. The maximum absolute atomic E-state index is 12.3. The molecule has 2 amide bonds. The highest BCUT2D eigenvalue weighted by Crippen LogP contribution is 2.40. The van der Waals surface area contributed by atoms with Gasteiger partial charge in [-0.2, -0.15) is 0 Å². The molecule has 1 aromatic rings. The molecule has 0 radical (unpaired) electrons. The van der Waals surface area contributed by atoms with Crippen molar-refractivity contribution in [2.75, 3.05) is 12.9 Å². The minimum atomic E-state index is -1.21. The Labute approximate surface area is 142 Å². The van der Waals surface area contributed by atoms with Gasteiger partial charge in [-0.1, -0.05) is 30.3 Å². The largest absolute Gasteiger partial charge is 0.498 e.